The van der Waals surface area contributed by atoms with Crippen LogP contribution in [-0.4, -0.2) is 62.0 Å². The largest absolute Gasteiger partial charge is 0.454 e. The maximum atomic E-state index is 12.5. The molecule has 6 heteroatoms. The first kappa shape index (κ1) is 16.3. The average Bonchev–Trinajstić information content (AvgIpc) is 2.97. The number of ketones is 1. The Morgan fingerprint density at radius 1 is 1.18 bits per heavy atom. The van der Waals surface area contributed by atoms with E-state index in [1.165, 1.54) is 4.90 Å². The molecule has 0 bridgehead atoms. The van der Waals surface area contributed by atoms with Crippen molar-refractivity contribution in [2.45, 2.75) is 19.4 Å². The van der Waals surface area contributed by atoms with Crippen molar-refractivity contribution in [3.05, 3.63) is 23.8 Å². The number of hydrogen-bond donors (Lipinski definition) is 0. The molecule has 1 aliphatic heterocycles. The SMILES string of the molecule is CC(C(=O)c1ccc2c(c1)OCO2)N(C)C(=O)CCN(C)C. The van der Waals surface area contributed by atoms with Gasteiger partial charge in [0.15, 0.2) is 17.3 Å². The Labute approximate surface area is 130 Å². The van der Waals surface area contributed by atoms with Gasteiger partial charge in [-0.3, -0.25) is 9.59 Å². The van der Waals surface area contributed by atoms with Crippen LogP contribution < -0.4 is 9.47 Å². The van der Waals surface area contributed by atoms with Crippen molar-refractivity contribution in [1.82, 2.24) is 9.80 Å². The molecule has 0 fully saturated rings. The highest BCUT2D eigenvalue weighted by Gasteiger charge is 2.25. The highest BCUT2D eigenvalue weighted by Crippen LogP contribution is 2.32. The lowest BCUT2D eigenvalue weighted by Crippen LogP contribution is -2.41. The number of fused-ring (bicyclic) bond motifs is 1. The van der Waals surface area contributed by atoms with Gasteiger partial charge in [-0.2, -0.15) is 0 Å². The fraction of sp³-hybridized carbons (Fsp3) is 0.500. The molecule has 1 aromatic carbocycles. The monoisotopic (exact) mass is 306 g/mol. The molecule has 1 heterocycles. The van der Waals surface area contributed by atoms with Gasteiger partial charge in [0.2, 0.25) is 12.7 Å². The van der Waals surface area contributed by atoms with Crippen LogP contribution in [0, 0.1) is 0 Å². The second-order valence-corrected chi connectivity index (χ2v) is 5.67. The van der Waals surface area contributed by atoms with Crippen LogP contribution in [0.5, 0.6) is 11.5 Å². The molecule has 120 valence electrons. The summed E-state index contributed by atoms with van der Waals surface area (Å²) in [5.74, 6) is 1.05. The summed E-state index contributed by atoms with van der Waals surface area (Å²) in [5.41, 5.74) is 0.518. The molecule has 0 N–H and O–H groups in total. The molecule has 22 heavy (non-hydrogen) atoms. The number of ether oxygens (including phenoxy) is 2. The zero-order chi connectivity index (χ0) is 16.3. The maximum absolute atomic E-state index is 12.5. The smallest absolute Gasteiger partial charge is 0.231 e. The van der Waals surface area contributed by atoms with E-state index in [0.29, 0.717) is 30.0 Å². The topological polar surface area (TPSA) is 59.1 Å². The van der Waals surface area contributed by atoms with Crippen LogP contribution in [0.3, 0.4) is 0 Å². The molecule has 0 radical (unpaired) electrons. The van der Waals surface area contributed by atoms with Crippen LogP contribution in [0.4, 0.5) is 0 Å². The summed E-state index contributed by atoms with van der Waals surface area (Å²) in [6, 6.07) is 4.56. The number of likely N-dealkylation sites (N-methyl/N-ethyl adjacent to an activating group) is 1. The first-order valence-corrected chi connectivity index (χ1v) is 7.24. The van der Waals surface area contributed by atoms with Gasteiger partial charge < -0.3 is 19.3 Å². The Hall–Kier alpha value is -2.08. The van der Waals surface area contributed by atoms with Gasteiger partial charge in [-0.25, -0.2) is 0 Å². The van der Waals surface area contributed by atoms with Crippen LogP contribution in [0.1, 0.15) is 23.7 Å². The minimum absolute atomic E-state index is 0.0460. The third kappa shape index (κ3) is 3.57. The molecule has 0 spiro atoms. The minimum atomic E-state index is -0.518. The lowest BCUT2D eigenvalue weighted by molar-refractivity contribution is -0.131. The summed E-state index contributed by atoms with van der Waals surface area (Å²) in [4.78, 5) is 28.1. The van der Waals surface area contributed by atoms with E-state index in [1.807, 2.05) is 19.0 Å². The van der Waals surface area contributed by atoms with Crippen molar-refractivity contribution >= 4 is 11.7 Å². The molecular weight excluding hydrogens is 284 g/mol. The average molecular weight is 306 g/mol. The summed E-state index contributed by atoms with van der Waals surface area (Å²) in [5, 5.41) is 0. The molecule has 1 aromatic rings. The molecular formula is C16H22N2O4. The molecule has 1 atom stereocenters. The summed E-state index contributed by atoms with van der Waals surface area (Å²) < 4.78 is 10.5. The van der Waals surface area contributed by atoms with Crippen LogP contribution >= 0.6 is 0 Å². The number of carbonyl (C=O) groups is 2. The van der Waals surface area contributed by atoms with E-state index in [-0.39, 0.29) is 18.5 Å². The van der Waals surface area contributed by atoms with Gasteiger partial charge in [0, 0.05) is 25.6 Å². The highest BCUT2D eigenvalue weighted by molar-refractivity contribution is 6.02. The number of carbonyl (C=O) groups excluding carboxylic acids is 2. The molecule has 6 nitrogen and oxygen atoms in total. The summed E-state index contributed by atoms with van der Waals surface area (Å²) in [7, 11) is 5.48. The Morgan fingerprint density at radius 3 is 2.55 bits per heavy atom. The Balaban J connectivity index is 2.03. The van der Waals surface area contributed by atoms with Crippen molar-refractivity contribution in [2.24, 2.45) is 0 Å². The van der Waals surface area contributed by atoms with Gasteiger partial charge in [0.05, 0.1) is 6.04 Å². The maximum Gasteiger partial charge on any atom is 0.231 e. The summed E-state index contributed by atoms with van der Waals surface area (Å²) >= 11 is 0. The molecule has 1 unspecified atom stereocenters. The highest BCUT2D eigenvalue weighted by atomic mass is 16.7. The Bertz CT molecular complexity index is 571. The van der Waals surface area contributed by atoms with Crippen molar-refractivity contribution in [1.29, 1.82) is 0 Å². The minimum Gasteiger partial charge on any atom is -0.454 e. The first-order valence-electron chi connectivity index (χ1n) is 7.24. The molecule has 2 rings (SSSR count). The van der Waals surface area contributed by atoms with Crippen LogP contribution in [0.25, 0.3) is 0 Å². The van der Waals surface area contributed by atoms with E-state index in [4.69, 9.17) is 9.47 Å². The van der Waals surface area contributed by atoms with Gasteiger partial charge in [0.25, 0.3) is 0 Å². The molecule has 1 aliphatic rings. The standard InChI is InChI=1S/C16H22N2O4/c1-11(18(4)15(19)7-8-17(2)3)16(20)12-5-6-13-14(9-12)22-10-21-13/h5-6,9,11H,7-8,10H2,1-4H3. The van der Waals surface area contributed by atoms with E-state index < -0.39 is 6.04 Å². The predicted octanol–water partition coefficient (Wildman–Crippen LogP) is 1.40. The zero-order valence-electron chi connectivity index (χ0n) is 13.5. The van der Waals surface area contributed by atoms with Gasteiger partial charge in [-0.1, -0.05) is 0 Å². The molecule has 0 aliphatic carbocycles. The molecule has 0 saturated heterocycles. The molecule has 1 amide bonds. The second-order valence-electron chi connectivity index (χ2n) is 5.67. The van der Waals surface area contributed by atoms with Gasteiger partial charge >= 0.3 is 0 Å². The fourth-order valence-electron chi connectivity index (χ4n) is 2.18. The van der Waals surface area contributed by atoms with E-state index in [9.17, 15) is 9.59 Å². The van der Waals surface area contributed by atoms with E-state index >= 15 is 0 Å². The van der Waals surface area contributed by atoms with Crippen molar-refractivity contribution in [2.75, 3.05) is 34.5 Å². The van der Waals surface area contributed by atoms with Crippen molar-refractivity contribution in [3.63, 3.8) is 0 Å². The number of benzene rings is 1. The number of hydrogen-bond acceptors (Lipinski definition) is 5. The Morgan fingerprint density at radius 2 is 1.86 bits per heavy atom. The number of nitrogens with zero attached hydrogens (tertiary/aromatic N) is 2. The van der Waals surface area contributed by atoms with Crippen LogP contribution in [-0.2, 0) is 4.79 Å². The second kappa shape index (κ2) is 6.79. The summed E-state index contributed by atoms with van der Waals surface area (Å²) in [6.45, 7) is 2.57. The van der Waals surface area contributed by atoms with E-state index in [0.717, 1.165) is 0 Å². The first-order chi connectivity index (χ1) is 10.4. The Kier molecular flexibility index (Phi) is 5.03. The molecule has 0 saturated carbocycles. The van der Waals surface area contributed by atoms with Crippen molar-refractivity contribution < 1.29 is 19.1 Å². The third-order valence-electron chi connectivity index (χ3n) is 3.78. The summed E-state index contributed by atoms with van der Waals surface area (Å²) in [6.07, 6.45) is 0.391. The van der Waals surface area contributed by atoms with E-state index in [2.05, 4.69) is 0 Å². The number of rotatable bonds is 6. The van der Waals surface area contributed by atoms with Crippen LogP contribution in [0.15, 0.2) is 18.2 Å². The lowest BCUT2D eigenvalue weighted by Gasteiger charge is -2.24. The normalized spacial score (nSPS) is 14.0. The van der Waals surface area contributed by atoms with Gasteiger partial charge in [0.1, 0.15) is 0 Å². The lowest BCUT2D eigenvalue weighted by atomic mass is 10.0. The number of Topliss-reactive ketones (excluding diaryl/α,β-unsaturated/α-hetero) is 1. The quantitative estimate of drug-likeness (QED) is 0.744. The van der Waals surface area contributed by atoms with Crippen LogP contribution in [0.2, 0.25) is 0 Å². The van der Waals surface area contributed by atoms with Crippen molar-refractivity contribution in [3.8, 4) is 11.5 Å². The molecule has 0 aromatic heterocycles. The van der Waals surface area contributed by atoms with Gasteiger partial charge in [-0.05, 0) is 39.2 Å². The zero-order valence-corrected chi connectivity index (χ0v) is 13.5. The van der Waals surface area contributed by atoms with Gasteiger partial charge in [-0.15, -0.1) is 0 Å². The predicted molar refractivity (Wildman–Crippen MR) is 82.3 cm³/mol. The third-order valence-corrected chi connectivity index (χ3v) is 3.78. The fourth-order valence-corrected chi connectivity index (χ4v) is 2.18. The van der Waals surface area contributed by atoms with E-state index in [1.54, 1.807) is 32.2 Å². The number of amides is 1.